The zero-order valence-electron chi connectivity index (χ0n) is 36.2. The second kappa shape index (κ2) is 23.3. The number of aliphatic hydroxyl groups excluding tert-OH is 8. The van der Waals surface area contributed by atoms with Gasteiger partial charge >= 0.3 is 35.8 Å². The molecule has 0 radical (unpaired) electrons. The van der Waals surface area contributed by atoms with E-state index < -0.39 is 153 Å². The van der Waals surface area contributed by atoms with Crippen LogP contribution in [0, 0.1) is 5.21 Å². The Bertz CT molecular complexity index is 1890. The molecule has 0 saturated carbocycles. The van der Waals surface area contributed by atoms with Crippen LogP contribution < -0.4 is 16.0 Å². The molecule has 1 aromatic carbocycles. The van der Waals surface area contributed by atoms with Gasteiger partial charge in [0.15, 0.2) is 24.1 Å². The lowest BCUT2D eigenvalue weighted by molar-refractivity contribution is -0.530. The topological polar surface area (TPSA) is 294 Å². The number of rotatable bonds is 24. The molecule has 31 heteroatoms. The molecule has 1 aliphatic rings. The van der Waals surface area contributed by atoms with Crippen LogP contribution in [0.3, 0.4) is 0 Å². The van der Waals surface area contributed by atoms with Gasteiger partial charge in [-0.15, -0.1) is 0 Å². The average Bonchev–Trinajstić information content (AvgIpc) is 3.25. The monoisotopic (exact) mass is 1030 g/mol. The SMILES string of the molecule is CC(C)(C)/[N+]([O-])=C/c1ccc(C(=O)NCCCCC(NC(=O)C(O)C(O)C(O[C@@H]2O[C@H](CO)[C@H](O)[C@H](O)[C@H]2O)C(O)CO)C(=O)NCCC(F)(F)C(F)(F)C(F)(F)C(F)(F)C(F)(F)C(F)(F)F)cc1. The van der Waals surface area contributed by atoms with Crippen molar-refractivity contribution >= 4 is 23.9 Å². The van der Waals surface area contributed by atoms with Crippen LogP contribution in [0.2, 0.25) is 0 Å². The van der Waals surface area contributed by atoms with Crippen LogP contribution in [-0.4, -0.2) is 198 Å². The molecule has 69 heavy (non-hydrogen) atoms. The van der Waals surface area contributed by atoms with Gasteiger partial charge in [-0.1, -0.05) is 0 Å². The van der Waals surface area contributed by atoms with E-state index >= 15 is 0 Å². The van der Waals surface area contributed by atoms with Crippen molar-refractivity contribution in [2.24, 2.45) is 0 Å². The Kier molecular flexibility index (Phi) is 20.6. The molecule has 398 valence electrons. The largest absolute Gasteiger partial charge is 0.623 e. The highest BCUT2D eigenvalue weighted by molar-refractivity contribution is 5.94. The fourth-order valence-electron chi connectivity index (χ4n) is 5.95. The number of carbonyl (C=O) groups is 3. The summed E-state index contributed by atoms with van der Waals surface area (Å²) in [6.45, 7) is 0.310. The predicted molar refractivity (Wildman–Crippen MR) is 205 cm³/mol. The summed E-state index contributed by atoms with van der Waals surface area (Å²) in [7, 11) is 0. The summed E-state index contributed by atoms with van der Waals surface area (Å²) in [4.78, 5) is 39.0. The maximum atomic E-state index is 14.5. The highest BCUT2D eigenvalue weighted by Gasteiger charge is 2.90. The lowest BCUT2D eigenvalue weighted by Gasteiger charge is -2.42. The van der Waals surface area contributed by atoms with Crippen LogP contribution in [0.1, 0.15) is 62.4 Å². The minimum atomic E-state index is -8.18. The second-order valence-electron chi connectivity index (χ2n) is 16.6. The van der Waals surface area contributed by atoms with Crippen molar-refractivity contribution in [2.45, 2.75) is 149 Å². The van der Waals surface area contributed by atoms with E-state index in [4.69, 9.17) is 9.47 Å². The summed E-state index contributed by atoms with van der Waals surface area (Å²) in [5.74, 6) is -42.9. The number of benzene rings is 1. The van der Waals surface area contributed by atoms with Gasteiger partial charge in [-0.3, -0.25) is 14.4 Å². The molecule has 0 bridgehead atoms. The molecular formula is C38H51F13N4O14. The summed E-state index contributed by atoms with van der Waals surface area (Å²) in [5, 5.41) is 98.9. The van der Waals surface area contributed by atoms with Crippen molar-refractivity contribution < 1.29 is 127 Å². The van der Waals surface area contributed by atoms with Crippen LogP contribution in [-0.2, 0) is 19.1 Å². The molecule has 1 aliphatic heterocycles. The second-order valence-corrected chi connectivity index (χ2v) is 16.6. The third-order valence-corrected chi connectivity index (χ3v) is 10.3. The minimum Gasteiger partial charge on any atom is -0.623 e. The van der Waals surface area contributed by atoms with Crippen molar-refractivity contribution in [2.75, 3.05) is 26.3 Å². The number of hydrogen-bond donors (Lipinski definition) is 11. The van der Waals surface area contributed by atoms with Gasteiger partial charge in [-0.05, 0) is 43.5 Å². The molecule has 0 aromatic heterocycles. The summed E-state index contributed by atoms with van der Waals surface area (Å²) in [6, 6.07) is 3.36. The molecule has 1 fully saturated rings. The van der Waals surface area contributed by atoms with Gasteiger partial charge in [0.1, 0.15) is 48.8 Å². The fourth-order valence-corrected chi connectivity index (χ4v) is 5.95. The first kappa shape index (κ1) is 60.9. The van der Waals surface area contributed by atoms with Gasteiger partial charge in [0, 0.05) is 51.4 Å². The van der Waals surface area contributed by atoms with Crippen LogP contribution in [0.4, 0.5) is 57.1 Å². The number of nitrogens with zero attached hydrogens (tertiary/aromatic N) is 1. The van der Waals surface area contributed by atoms with Crippen molar-refractivity contribution in [3.8, 4) is 0 Å². The van der Waals surface area contributed by atoms with E-state index in [9.17, 15) is 118 Å². The van der Waals surface area contributed by atoms with Crippen molar-refractivity contribution in [3.63, 3.8) is 0 Å². The van der Waals surface area contributed by atoms with Gasteiger partial charge in [-0.2, -0.15) is 57.1 Å². The van der Waals surface area contributed by atoms with Crippen molar-refractivity contribution in [3.05, 3.63) is 40.6 Å². The van der Waals surface area contributed by atoms with E-state index in [1.807, 2.05) is 0 Å². The third kappa shape index (κ3) is 14.0. The van der Waals surface area contributed by atoms with Crippen LogP contribution in [0.15, 0.2) is 24.3 Å². The maximum absolute atomic E-state index is 14.5. The summed E-state index contributed by atoms with van der Waals surface area (Å²) in [6.07, 6.45) is -31.0. The molecule has 5 unspecified atom stereocenters. The Hall–Kier alpha value is -4.21. The van der Waals surface area contributed by atoms with Gasteiger partial charge < -0.3 is 71.5 Å². The molecule has 2 rings (SSSR count). The number of halogens is 13. The highest BCUT2D eigenvalue weighted by atomic mass is 19.4. The molecule has 11 N–H and O–H groups in total. The number of ether oxygens (including phenoxy) is 2. The van der Waals surface area contributed by atoms with E-state index in [0.717, 1.165) is 0 Å². The predicted octanol–water partition coefficient (Wildman–Crippen LogP) is 0.304. The lowest BCUT2D eigenvalue weighted by Crippen LogP contribution is -2.70. The normalized spacial score (nSPS) is 22.6. The Morgan fingerprint density at radius 1 is 0.768 bits per heavy atom. The number of alkyl halides is 13. The molecular weight excluding hydrogens is 983 g/mol. The van der Waals surface area contributed by atoms with Gasteiger partial charge in [0.2, 0.25) is 5.91 Å². The molecule has 1 saturated heterocycles. The maximum Gasteiger partial charge on any atom is 0.460 e. The smallest absolute Gasteiger partial charge is 0.460 e. The minimum absolute atomic E-state index is 0.0792. The number of unbranched alkanes of at least 4 members (excludes halogenated alkanes) is 1. The molecule has 18 nitrogen and oxygen atoms in total. The van der Waals surface area contributed by atoms with E-state index in [-0.39, 0.29) is 24.9 Å². The number of hydroxylamine groups is 1. The lowest BCUT2D eigenvalue weighted by atomic mass is 9.92. The zero-order valence-corrected chi connectivity index (χ0v) is 36.2. The fraction of sp³-hybridized carbons (Fsp3) is 0.737. The first-order chi connectivity index (χ1) is 31.4. The van der Waals surface area contributed by atoms with Crippen molar-refractivity contribution in [1.29, 1.82) is 0 Å². The van der Waals surface area contributed by atoms with Crippen LogP contribution in [0.5, 0.6) is 0 Å². The number of nitrogens with one attached hydrogen (secondary N) is 3. The van der Waals surface area contributed by atoms with E-state index in [1.165, 1.54) is 35.8 Å². The van der Waals surface area contributed by atoms with E-state index in [1.54, 1.807) is 26.1 Å². The van der Waals surface area contributed by atoms with Crippen LogP contribution >= 0.6 is 0 Å². The molecule has 3 amide bonds. The standard InChI is InChI=1S/C38H51F13N4O14/c1-32(2,3)55(67)14-17-7-9-18(10-8-17)28(64)52-12-5-4-6-19(29(65)53-13-11-33(39,40)34(41,42)35(43,44)36(45,46)37(47,48)38(49,50)51)54-30(66)25(62)24(61)27(20(58)15-56)69-31-26(63)23(60)22(59)21(16-57)68-31/h7-10,14,19-27,31,56-63H,4-6,11-13,15-16H2,1-3H3,(H,52,64)(H,53,65)(H,54,66)/b55-14-/t19?,20?,21-,22+,23+,24?,25?,26-,27?,31+/m1/s1. The molecule has 1 heterocycles. The summed E-state index contributed by atoms with van der Waals surface area (Å²) in [5.41, 5.74) is -0.285. The quantitative estimate of drug-likeness (QED) is 0.0166. The Morgan fingerprint density at radius 2 is 1.32 bits per heavy atom. The zero-order chi connectivity index (χ0) is 53.5. The number of hydrogen-bond acceptors (Lipinski definition) is 14. The first-order valence-electron chi connectivity index (χ1n) is 20.2. The van der Waals surface area contributed by atoms with Crippen LogP contribution in [0.25, 0.3) is 0 Å². The molecule has 0 aliphatic carbocycles. The number of amides is 3. The Labute approximate surface area is 382 Å². The van der Waals surface area contributed by atoms with Crippen molar-refractivity contribution in [1.82, 2.24) is 16.0 Å². The van der Waals surface area contributed by atoms with E-state index in [0.29, 0.717) is 10.3 Å². The Balaban J connectivity index is 2.31. The third-order valence-electron chi connectivity index (χ3n) is 10.3. The summed E-state index contributed by atoms with van der Waals surface area (Å²) < 4.78 is 188. The van der Waals surface area contributed by atoms with Gasteiger partial charge in [0.25, 0.3) is 11.8 Å². The molecule has 10 atom stereocenters. The highest BCUT2D eigenvalue weighted by Crippen LogP contribution is 2.60. The summed E-state index contributed by atoms with van der Waals surface area (Å²) >= 11 is 0. The molecule has 0 spiro atoms. The van der Waals surface area contributed by atoms with Gasteiger partial charge in [0.05, 0.1) is 13.2 Å². The average molecular weight is 1030 g/mol. The number of aliphatic hydroxyl groups is 8. The molecule has 1 aromatic rings. The van der Waals surface area contributed by atoms with E-state index in [2.05, 4.69) is 5.32 Å². The van der Waals surface area contributed by atoms with Gasteiger partial charge in [-0.25, -0.2) is 4.74 Å². The Morgan fingerprint density at radius 3 is 1.83 bits per heavy atom. The number of carbonyl (C=O) groups excluding carboxylic acids is 3. The first-order valence-corrected chi connectivity index (χ1v) is 20.2.